The largest absolute Gasteiger partial charge is 0.396 e. The Morgan fingerprint density at radius 2 is 2.39 bits per heavy atom. The highest BCUT2D eigenvalue weighted by atomic mass is 32.2. The maximum Gasteiger partial charge on any atom is 0.241 e. The van der Waals surface area contributed by atoms with Crippen molar-refractivity contribution < 1.29 is 4.79 Å². The Kier molecular flexibility index (Phi) is 4.16. The Bertz CT molecular complexity index is 438. The SMILES string of the molecule is Cc1nn(CC(=O)NC2CCCSC2)c(C)c1N. The van der Waals surface area contributed by atoms with Crippen molar-refractivity contribution >= 4 is 23.4 Å². The van der Waals surface area contributed by atoms with E-state index in [1.807, 2.05) is 25.6 Å². The zero-order valence-corrected chi connectivity index (χ0v) is 11.7. The van der Waals surface area contributed by atoms with E-state index < -0.39 is 0 Å². The number of nitrogens with zero attached hydrogens (tertiary/aromatic N) is 2. The lowest BCUT2D eigenvalue weighted by atomic mass is 10.2. The average molecular weight is 268 g/mol. The van der Waals surface area contributed by atoms with Crippen molar-refractivity contribution in [1.29, 1.82) is 0 Å². The van der Waals surface area contributed by atoms with E-state index in [4.69, 9.17) is 5.73 Å². The molecule has 1 unspecified atom stereocenters. The fourth-order valence-corrected chi connectivity index (χ4v) is 3.20. The first-order valence-electron chi connectivity index (χ1n) is 6.24. The van der Waals surface area contributed by atoms with Crippen molar-refractivity contribution in [3.63, 3.8) is 0 Å². The highest BCUT2D eigenvalue weighted by molar-refractivity contribution is 7.99. The molecule has 1 aliphatic rings. The number of hydrogen-bond acceptors (Lipinski definition) is 4. The van der Waals surface area contributed by atoms with E-state index >= 15 is 0 Å². The van der Waals surface area contributed by atoms with E-state index in [0.717, 1.165) is 23.6 Å². The number of carbonyl (C=O) groups excluding carboxylic acids is 1. The third-order valence-corrected chi connectivity index (χ3v) is 4.47. The second kappa shape index (κ2) is 5.65. The summed E-state index contributed by atoms with van der Waals surface area (Å²) in [6.45, 7) is 4.00. The van der Waals surface area contributed by atoms with Crippen LogP contribution in [0.15, 0.2) is 0 Å². The first-order valence-corrected chi connectivity index (χ1v) is 7.40. The summed E-state index contributed by atoms with van der Waals surface area (Å²) in [5.74, 6) is 2.25. The number of nitrogen functional groups attached to an aromatic ring is 1. The van der Waals surface area contributed by atoms with Gasteiger partial charge in [-0.2, -0.15) is 16.9 Å². The topological polar surface area (TPSA) is 72.9 Å². The van der Waals surface area contributed by atoms with Crippen LogP contribution in [0.1, 0.15) is 24.2 Å². The van der Waals surface area contributed by atoms with E-state index in [1.165, 1.54) is 12.2 Å². The van der Waals surface area contributed by atoms with E-state index in [0.29, 0.717) is 11.7 Å². The van der Waals surface area contributed by atoms with Crippen molar-refractivity contribution in [2.24, 2.45) is 0 Å². The summed E-state index contributed by atoms with van der Waals surface area (Å²) in [5, 5.41) is 7.33. The van der Waals surface area contributed by atoms with Gasteiger partial charge in [0.2, 0.25) is 5.91 Å². The number of amides is 1. The number of aromatic nitrogens is 2. The molecule has 18 heavy (non-hydrogen) atoms. The molecule has 1 fully saturated rings. The minimum absolute atomic E-state index is 0.0214. The molecule has 2 heterocycles. The third-order valence-electron chi connectivity index (χ3n) is 3.26. The summed E-state index contributed by atoms with van der Waals surface area (Å²) in [4.78, 5) is 11.9. The molecule has 0 saturated carbocycles. The van der Waals surface area contributed by atoms with Gasteiger partial charge in [0, 0.05) is 11.8 Å². The molecule has 2 rings (SSSR count). The van der Waals surface area contributed by atoms with Crippen LogP contribution < -0.4 is 11.1 Å². The molecule has 0 spiro atoms. The van der Waals surface area contributed by atoms with E-state index in [-0.39, 0.29) is 12.5 Å². The van der Waals surface area contributed by atoms with Crippen LogP contribution in [0.2, 0.25) is 0 Å². The second-order valence-electron chi connectivity index (χ2n) is 4.72. The quantitative estimate of drug-likeness (QED) is 0.861. The van der Waals surface area contributed by atoms with E-state index in [2.05, 4.69) is 10.4 Å². The number of thioether (sulfide) groups is 1. The lowest BCUT2D eigenvalue weighted by molar-refractivity contribution is -0.122. The smallest absolute Gasteiger partial charge is 0.241 e. The number of carbonyl (C=O) groups is 1. The van der Waals surface area contributed by atoms with Gasteiger partial charge in [0.25, 0.3) is 0 Å². The Labute approximate surface area is 111 Å². The molecule has 5 nitrogen and oxygen atoms in total. The van der Waals surface area contributed by atoms with Gasteiger partial charge >= 0.3 is 0 Å². The monoisotopic (exact) mass is 268 g/mol. The van der Waals surface area contributed by atoms with Crippen LogP contribution in [0.25, 0.3) is 0 Å². The highest BCUT2D eigenvalue weighted by Crippen LogP contribution is 2.17. The zero-order chi connectivity index (χ0) is 13.1. The highest BCUT2D eigenvalue weighted by Gasteiger charge is 2.17. The summed E-state index contributed by atoms with van der Waals surface area (Å²) in [6, 6.07) is 0.311. The molecule has 0 aromatic carbocycles. The fraction of sp³-hybridized carbons (Fsp3) is 0.667. The van der Waals surface area contributed by atoms with Gasteiger partial charge in [0.1, 0.15) is 6.54 Å². The van der Waals surface area contributed by atoms with Gasteiger partial charge in [-0.15, -0.1) is 0 Å². The lowest BCUT2D eigenvalue weighted by Gasteiger charge is -2.22. The Morgan fingerprint density at radius 3 is 2.94 bits per heavy atom. The average Bonchev–Trinajstić information content (AvgIpc) is 2.58. The summed E-state index contributed by atoms with van der Waals surface area (Å²) in [6.07, 6.45) is 2.26. The predicted molar refractivity (Wildman–Crippen MR) is 74.6 cm³/mol. The number of rotatable bonds is 3. The molecule has 0 aliphatic carbocycles. The predicted octanol–water partition coefficient (Wildman–Crippen LogP) is 1.09. The third kappa shape index (κ3) is 2.98. The van der Waals surface area contributed by atoms with Gasteiger partial charge in [-0.05, 0) is 32.4 Å². The van der Waals surface area contributed by atoms with Crippen molar-refractivity contribution in [3.8, 4) is 0 Å². The number of nitrogens with two attached hydrogens (primary N) is 1. The van der Waals surface area contributed by atoms with Gasteiger partial charge < -0.3 is 11.1 Å². The second-order valence-corrected chi connectivity index (χ2v) is 5.87. The Hall–Kier alpha value is -1.17. The standard InChI is InChI=1S/C12H20N4OS/c1-8-12(13)9(2)16(15-8)6-11(17)14-10-4-3-5-18-7-10/h10H,3-7,13H2,1-2H3,(H,14,17). The maximum atomic E-state index is 11.9. The first-order chi connectivity index (χ1) is 8.58. The molecule has 3 N–H and O–H groups in total. The molecule has 0 radical (unpaired) electrons. The minimum Gasteiger partial charge on any atom is -0.396 e. The zero-order valence-electron chi connectivity index (χ0n) is 10.9. The summed E-state index contributed by atoms with van der Waals surface area (Å²) in [5.41, 5.74) is 8.17. The maximum absolute atomic E-state index is 11.9. The molecular weight excluding hydrogens is 248 g/mol. The molecular formula is C12H20N4OS. The molecule has 6 heteroatoms. The van der Waals surface area contributed by atoms with Crippen LogP contribution in [0.5, 0.6) is 0 Å². The fourth-order valence-electron chi connectivity index (χ4n) is 2.13. The van der Waals surface area contributed by atoms with Crippen molar-refractivity contribution in [3.05, 3.63) is 11.4 Å². The van der Waals surface area contributed by atoms with Gasteiger partial charge in [0.15, 0.2) is 0 Å². The molecule has 0 bridgehead atoms. The van der Waals surface area contributed by atoms with Crippen LogP contribution in [0.3, 0.4) is 0 Å². The minimum atomic E-state index is 0.0214. The van der Waals surface area contributed by atoms with Gasteiger partial charge in [-0.1, -0.05) is 0 Å². The molecule has 1 amide bonds. The molecule has 100 valence electrons. The van der Waals surface area contributed by atoms with Gasteiger partial charge in [-0.25, -0.2) is 0 Å². The summed E-state index contributed by atoms with van der Waals surface area (Å²) in [7, 11) is 0. The molecule has 1 saturated heterocycles. The summed E-state index contributed by atoms with van der Waals surface area (Å²) >= 11 is 1.90. The molecule has 1 aliphatic heterocycles. The van der Waals surface area contributed by atoms with Crippen LogP contribution in [-0.2, 0) is 11.3 Å². The molecule has 1 aromatic heterocycles. The van der Waals surface area contributed by atoms with E-state index in [9.17, 15) is 4.79 Å². The Balaban J connectivity index is 1.92. The lowest BCUT2D eigenvalue weighted by Crippen LogP contribution is -2.40. The normalized spacial score (nSPS) is 19.8. The Morgan fingerprint density at radius 1 is 1.61 bits per heavy atom. The number of hydrogen-bond donors (Lipinski definition) is 2. The molecule has 1 atom stereocenters. The van der Waals surface area contributed by atoms with Crippen molar-refractivity contribution in [1.82, 2.24) is 15.1 Å². The van der Waals surface area contributed by atoms with Crippen LogP contribution in [-0.4, -0.2) is 33.2 Å². The van der Waals surface area contributed by atoms with Crippen LogP contribution in [0.4, 0.5) is 5.69 Å². The molecule has 1 aromatic rings. The number of nitrogens with one attached hydrogen (secondary N) is 1. The van der Waals surface area contributed by atoms with E-state index in [1.54, 1.807) is 4.68 Å². The summed E-state index contributed by atoms with van der Waals surface area (Å²) < 4.78 is 1.68. The number of anilines is 1. The first kappa shape index (κ1) is 13.3. The number of aryl methyl sites for hydroxylation is 1. The van der Waals surface area contributed by atoms with Crippen molar-refractivity contribution in [2.45, 2.75) is 39.3 Å². The van der Waals surface area contributed by atoms with Gasteiger partial charge in [-0.3, -0.25) is 9.48 Å². The van der Waals surface area contributed by atoms with Gasteiger partial charge in [0.05, 0.1) is 17.1 Å². The van der Waals surface area contributed by atoms with Crippen LogP contribution in [0, 0.1) is 13.8 Å². The van der Waals surface area contributed by atoms with Crippen molar-refractivity contribution in [2.75, 3.05) is 17.2 Å². The van der Waals surface area contributed by atoms with Crippen LogP contribution >= 0.6 is 11.8 Å².